The number of hydrogen-bond donors (Lipinski definition) is 0. The van der Waals surface area contributed by atoms with Crippen molar-refractivity contribution < 1.29 is 0 Å². The smallest absolute Gasteiger partial charge is 0.0701 e. The third kappa shape index (κ3) is 4.14. The average molecular weight is 275 g/mol. The van der Waals surface area contributed by atoms with E-state index in [-0.39, 0.29) is 0 Å². The van der Waals surface area contributed by atoms with Crippen molar-refractivity contribution in [3.8, 4) is 0 Å². The van der Waals surface area contributed by atoms with Gasteiger partial charge in [-0.1, -0.05) is 39.5 Å². The van der Waals surface area contributed by atoms with Crippen molar-refractivity contribution in [2.45, 2.75) is 46.0 Å². The highest BCUT2D eigenvalue weighted by molar-refractivity contribution is 9.11. The highest BCUT2D eigenvalue weighted by Crippen LogP contribution is 2.26. The molecule has 0 saturated carbocycles. The van der Waals surface area contributed by atoms with Crippen LogP contribution in [0.1, 0.15) is 44.4 Å². The molecule has 0 unspecified atom stereocenters. The minimum atomic E-state index is 0.889. The van der Waals surface area contributed by atoms with Crippen molar-refractivity contribution in [2.75, 3.05) is 0 Å². The van der Waals surface area contributed by atoms with E-state index >= 15 is 0 Å². The Morgan fingerprint density at radius 3 is 2.64 bits per heavy atom. The van der Waals surface area contributed by atoms with Crippen LogP contribution in [0.15, 0.2) is 15.9 Å². The lowest BCUT2D eigenvalue weighted by Gasteiger charge is -2.12. The summed E-state index contributed by atoms with van der Waals surface area (Å²) in [7, 11) is 0. The molecule has 0 N–H and O–H groups in total. The molecule has 0 aliphatic carbocycles. The van der Waals surface area contributed by atoms with Crippen molar-refractivity contribution in [3.63, 3.8) is 0 Å². The molecule has 0 aliphatic rings. The van der Waals surface area contributed by atoms with Gasteiger partial charge in [-0.25, -0.2) is 0 Å². The highest BCUT2D eigenvalue weighted by Gasteiger charge is 2.08. The Bertz CT molecular complexity index is 255. The molecule has 0 saturated heterocycles. The van der Waals surface area contributed by atoms with E-state index in [2.05, 4.69) is 41.9 Å². The zero-order valence-corrected chi connectivity index (χ0v) is 11.5. The molecular formula is C12H19BrS. The van der Waals surface area contributed by atoms with E-state index in [4.69, 9.17) is 0 Å². The molecule has 1 atom stereocenters. The molecule has 0 spiro atoms. The summed E-state index contributed by atoms with van der Waals surface area (Å²) in [5.74, 6) is 0.889. The van der Waals surface area contributed by atoms with Gasteiger partial charge in [-0.3, -0.25) is 0 Å². The first-order chi connectivity index (χ1) is 6.76. The fourth-order valence-electron chi connectivity index (χ4n) is 1.69. The molecule has 0 aromatic carbocycles. The normalized spacial score (nSPS) is 13.1. The van der Waals surface area contributed by atoms with Crippen LogP contribution in [0.25, 0.3) is 0 Å². The first-order valence-electron chi connectivity index (χ1n) is 5.50. The Hall–Kier alpha value is 0.180. The first-order valence-corrected chi connectivity index (χ1v) is 7.11. The van der Waals surface area contributed by atoms with Crippen LogP contribution >= 0.6 is 27.3 Å². The Morgan fingerprint density at radius 2 is 2.14 bits per heavy atom. The molecule has 1 aromatic rings. The summed E-state index contributed by atoms with van der Waals surface area (Å²) in [6, 6.07) is 4.41. The second-order valence-corrected chi connectivity index (χ2v) is 6.37. The minimum absolute atomic E-state index is 0.889. The third-order valence-electron chi connectivity index (χ3n) is 2.66. The summed E-state index contributed by atoms with van der Waals surface area (Å²) in [6.07, 6.45) is 6.68. The summed E-state index contributed by atoms with van der Waals surface area (Å²) in [6.45, 7) is 4.58. The summed E-state index contributed by atoms with van der Waals surface area (Å²) in [5, 5.41) is 0. The Morgan fingerprint density at radius 1 is 1.36 bits per heavy atom. The SMILES string of the molecule is CCCC[C@@H](CC)Cc1ccc(Br)s1. The van der Waals surface area contributed by atoms with Gasteiger partial charge in [-0.2, -0.15) is 0 Å². The number of thiophene rings is 1. The molecule has 0 aliphatic heterocycles. The van der Waals surface area contributed by atoms with E-state index in [1.807, 2.05) is 11.3 Å². The van der Waals surface area contributed by atoms with E-state index in [9.17, 15) is 0 Å². The van der Waals surface area contributed by atoms with Gasteiger partial charge >= 0.3 is 0 Å². The maximum atomic E-state index is 3.52. The van der Waals surface area contributed by atoms with Gasteiger partial charge in [0.25, 0.3) is 0 Å². The monoisotopic (exact) mass is 274 g/mol. The molecule has 0 amide bonds. The van der Waals surface area contributed by atoms with Crippen molar-refractivity contribution in [1.29, 1.82) is 0 Å². The van der Waals surface area contributed by atoms with Crippen LogP contribution in [-0.4, -0.2) is 0 Å². The largest absolute Gasteiger partial charge is 0.133 e. The average Bonchev–Trinajstić information content (AvgIpc) is 2.58. The Labute approximate surface area is 99.9 Å². The fraction of sp³-hybridized carbons (Fsp3) is 0.667. The lowest BCUT2D eigenvalue weighted by molar-refractivity contribution is 0.452. The molecule has 0 nitrogen and oxygen atoms in total. The molecule has 1 heterocycles. The quantitative estimate of drug-likeness (QED) is 0.663. The maximum absolute atomic E-state index is 3.52. The molecule has 1 rings (SSSR count). The number of halogens is 1. The lowest BCUT2D eigenvalue weighted by Crippen LogP contribution is -2.01. The van der Waals surface area contributed by atoms with Crippen molar-refractivity contribution >= 4 is 27.3 Å². The van der Waals surface area contributed by atoms with E-state index < -0.39 is 0 Å². The molecule has 0 fully saturated rings. The van der Waals surface area contributed by atoms with Gasteiger partial charge in [0.15, 0.2) is 0 Å². The summed E-state index contributed by atoms with van der Waals surface area (Å²) >= 11 is 5.40. The van der Waals surface area contributed by atoms with Crippen LogP contribution in [-0.2, 0) is 6.42 Å². The van der Waals surface area contributed by atoms with Crippen LogP contribution in [0, 0.1) is 5.92 Å². The van der Waals surface area contributed by atoms with E-state index in [1.165, 1.54) is 40.8 Å². The van der Waals surface area contributed by atoms with Crippen molar-refractivity contribution in [3.05, 3.63) is 20.8 Å². The Kier molecular flexibility index (Phi) is 5.80. The van der Waals surface area contributed by atoms with Gasteiger partial charge in [-0.15, -0.1) is 11.3 Å². The second kappa shape index (κ2) is 6.62. The molecule has 0 radical (unpaired) electrons. The lowest BCUT2D eigenvalue weighted by atomic mass is 9.95. The van der Waals surface area contributed by atoms with Gasteiger partial charge in [0.2, 0.25) is 0 Å². The zero-order valence-electron chi connectivity index (χ0n) is 9.05. The predicted octanol–water partition coefficient (Wildman–Crippen LogP) is 5.27. The Balaban J connectivity index is 2.40. The standard InChI is InChI=1S/C12H19BrS/c1-3-5-6-10(4-2)9-11-7-8-12(13)14-11/h7-8,10H,3-6,9H2,1-2H3/t10-/m1/s1. The fourth-order valence-corrected chi connectivity index (χ4v) is 3.29. The van der Waals surface area contributed by atoms with E-state index in [0.717, 1.165) is 5.92 Å². The summed E-state index contributed by atoms with van der Waals surface area (Å²) in [5.41, 5.74) is 0. The predicted molar refractivity (Wildman–Crippen MR) is 69.0 cm³/mol. The molecule has 2 heteroatoms. The van der Waals surface area contributed by atoms with Crippen LogP contribution in [0.5, 0.6) is 0 Å². The second-order valence-electron chi connectivity index (χ2n) is 3.83. The van der Waals surface area contributed by atoms with Gasteiger partial charge in [0.1, 0.15) is 0 Å². The summed E-state index contributed by atoms with van der Waals surface area (Å²) < 4.78 is 1.26. The van der Waals surface area contributed by atoms with Crippen LogP contribution in [0.2, 0.25) is 0 Å². The minimum Gasteiger partial charge on any atom is -0.133 e. The molecular weight excluding hydrogens is 256 g/mol. The van der Waals surface area contributed by atoms with Crippen molar-refractivity contribution in [2.24, 2.45) is 5.92 Å². The van der Waals surface area contributed by atoms with Crippen LogP contribution < -0.4 is 0 Å². The van der Waals surface area contributed by atoms with E-state index in [0.29, 0.717) is 0 Å². The van der Waals surface area contributed by atoms with Crippen LogP contribution in [0.4, 0.5) is 0 Å². The third-order valence-corrected chi connectivity index (χ3v) is 4.31. The van der Waals surface area contributed by atoms with Gasteiger partial charge < -0.3 is 0 Å². The number of hydrogen-bond acceptors (Lipinski definition) is 1. The van der Waals surface area contributed by atoms with Crippen molar-refractivity contribution in [1.82, 2.24) is 0 Å². The highest BCUT2D eigenvalue weighted by atomic mass is 79.9. The summed E-state index contributed by atoms with van der Waals surface area (Å²) in [4.78, 5) is 1.53. The zero-order chi connectivity index (χ0) is 10.4. The molecule has 1 aromatic heterocycles. The molecule has 80 valence electrons. The van der Waals surface area contributed by atoms with Gasteiger partial charge in [0, 0.05) is 4.88 Å². The van der Waals surface area contributed by atoms with E-state index in [1.54, 1.807) is 0 Å². The number of rotatable bonds is 6. The maximum Gasteiger partial charge on any atom is 0.0701 e. The first kappa shape index (κ1) is 12.3. The molecule has 14 heavy (non-hydrogen) atoms. The van der Waals surface area contributed by atoms with Gasteiger partial charge in [0.05, 0.1) is 3.79 Å². The van der Waals surface area contributed by atoms with Crippen LogP contribution in [0.3, 0.4) is 0 Å². The topological polar surface area (TPSA) is 0 Å². The molecule has 0 bridgehead atoms. The number of unbranched alkanes of at least 4 members (excludes halogenated alkanes) is 1. The van der Waals surface area contributed by atoms with Gasteiger partial charge in [-0.05, 0) is 40.4 Å².